The summed E-state index contributed by atoms with van der Waals surface area (Å²) in [7, 11) is 0. The van der Waals surface area contributed by atoms with Crippen molar-refractivity contribution in [1.82, 2.24) is 0 Å². The first-order valence-electron chi connectivity index (χ1n) is 5.14. The van der Waals surface area contributed by atoms with Gasteiger partial charge in [0.25, 0.3) is 0 Å². The van der Waals surface area contributed by atoms with Gasteiger partial charge < -0.3 is 11.1 Å². The van der Waals surface area contributed by atoms with E-state index in [9.17, 15) is 4.79 Å². The molecule has 0 bridgehead atoms. The fourth-order valence-corrected chi connectivity index (χ4v) is 2.15. The van der Waals surface area contributed by atoms with Crippen LogP contribution in [0.15, 0.2) is 6.07 Å². The summed E-state index contributed by atoms with van der Waals surface area (Å²) < 4.78 is 0. The van der Waals surface area contributed by atoms with Crippen molar-refractivity contribution in [3.05, 3.63) is 10.9 Å². The van der Waals surface area contributed by atoms with Crippen molar-refractivity contribution in [2.24, 2.45) is 5.92 Å². The summed E-state index contributed by atoms with van der Waals surface area (Å²) in [5, 5.41) is 4.26. The molecule has 0 saturated heterocycles. The number of anilines is 2. The number of carbonyl (C=O) groups excluding carboxylic acids is 1. The average molecular weight is 226 g/mol. The Morgan fingerprint density at radius 1 is 1.60 bits per heavy atom. The van der Waals surface area contributed by atoms with Gasteiger partial charge in [0.1, 0.15) is 0 Å². The molecule has 0 aliphatic carbocycles. The number of nitrogen functional groups attached to an aromatic ring is 1. The average Bonchev–Trinajstić information content (AvgIpc) is 2.46. The maximum Gasteiger partial charge on any atom is 0.171 e. The molecule has 0 unspecified atom stereocenters. The molecule has 84 valence electrons. The second-order valence-electron chi connectivity index (χ2n) is 4.06. The van der Waals surface area contributed by atoms with Crippen LogP contribution in [0.4, 0.5) is 10.7 Å². The molecule has 0 fully saturated rings. The van der Waals surface area contributed by atoms with Gasteiger partial charge in [0.05, 0.1) is 15.6 Å². The number of hydrogen-bond acceptors (Lipinski definition) is 4. The molecular weight excluding hydrogens is 208 g/mol. The van der Waals surface area contributed by atoms with E-state index in [1.54, 1.807) is 6.92 Å². The van der Waals surface area contributed by atoms with Gasteiger partial charge in [-0.15, -0.1) is 11.3 Å². The van der Waals surface area contributed by atoms with E-state index in [4.69, 9.17) is 5.73 Å². The van der Waals surface area contributed by atoms with Gasteiger partial charge in [-0.1, -0.05) is 13.8 Å². The highest BCUT2D eigenvalue weighted by Gasteiger charge is 2.09. The Morgan fingerprint density at radius 3 is 2.73 bits per heavy atom. The van der Waals surface area contributed by atoms with Crippen LogP contribution >= 0.6 is 11.3 Å². The second-order valence-corrected chi connectivity index (χ2v) is 5.11. The topological polar surface area (TPSA) is 55.1 Å². The largest absolute Gasteiger partial charge is 0.397 e. The van der Waals surface area contributed by atoms with Crippen molar-refractivity contribution in [2.75, 3.05) is 17.6 Å². The first-order chi connectivity index (χ1) is 7.00. The highest BCUT2D eigenvalue weighted by atomic mass is 32.1. The van der Waals surface area contributed by atoms with Crippen LogP contribution in [0.2, 0.25) is 0 Å². The fraction of sp³-hybridized carbons (Fsp3) is 0.545. The van der Waals surface area contributed by atoms with Crippen molar-refractivity contribution >= 4 is 27.8 Å². The molecule has 0 amide bonds. The Morgan fingerprint density at radius 2 is 2.27 bits per heavy atom. The Bertz CT molecular complexity index is 344. The van der Waals surface area contributed by atoms with E-state index in [2.05, 4.69) is 19.2 Å². The van der Waals surface area contributed by atoms with Gasteiger partial charge >= 0.3 is 0 Å². The Kier molecular flexibility index (Phi) is 4.15. The zero-order chi connectivity index (χ0) is 11.4. The fourth-order valence-electron chi connectivity index (χ4n) is 1.25. The molecule has 0 aliphatic rings. The lowest BCUT2D eigenvalue weighted by atomic mass is 10.1. The Labute approximate surface area is 94.7 Å². The van der Waals surface area contributed by atoms with Crippen molar-refractivity contribution in [3.8, 4) is 0 Å². The molecule has 0 saturated carbocycles. The van der Waals surface area contributed by atoms with Crippen LogP contribution < -0.4 is 11.1 Å². The smallest absolute Gasteiger partial charge is 0.171 e. The number of hydrogen-bond donors (Lipinski definition) is 2. The lowest BCUT2D eigenvalue weighted by Crippen LogP contribution is -2.03. The number of thiophene rings is 1. The number of nitrogens with two attached hydrogens (primary N) is 1. The summed E-state index contributed by atoms with van der Waals surface area (Å²) >= 11 is 1.43. The molecule has 15 heavy (non-hydrogen) atoms. The second kappa shape index (κ2) is 5.16. The zero-order valence-electron chi connectivity index (χ0n) is 9.46. The van der Waals surface area contributed by atoms with Gasteiger partial charge in [-0.25, -0.2) is 0 Å². The van der Waals surface area contributed by atoms with Gasteiger partial charge in [0.2, 0.25) is 0 Å². The summed E-state index contributed by atoms with van der Waals surface area (Å²) in [4.78, 5) is 11.8. The van der Waals surface area contributed by atoms with Crippen LogP contribution in [-0.2, 0) is 0 Å². The Hall–Kier alpha value is -1.03. The van der Waals surface area contributed by atoms with Crippen LogP contribution in [0, 0.1) is 5.92 Å². The molecule has 0 aromatic carbocycles. The van der Waals surface area contributed by atoms with Crippen LogP contribution in [0.25, 0.3) is 0 Å². The summed E-state index contributed by atoms with van der Waals surface area (Å²) in [6.45, 7) is 6.84. The summed E-state index contributed by atoms with van der Waals surface area (Å²) in [5.41, 5.74) is 6.31. The molecular formula is C11H18N2OS. The highest BCUT2D eigenvalue weighted by Crippen LogP contribution is 2.29. The van der Waals surface area contributed by atoms with E-state index in [-0.39, 0.29) is 5.78 Å². The molecule has 4 heteroatoms. The third kappa shape index (κ3) is 3.55. The molecule has 1 rings (SSSR count). The highest BCUT2D eigenvalue weighted by molar-refractivity contribution is 7.18. The molecule has 3 nitrogen and oxygen atoms in total. The lowest BCUT2D eigenvalue weighted by Gasteiger charge is -2.05. The number of Topliss-reactive ketones (excluding diaryl/α,β-unsaturated/α-hetero) is 1. The lowest BCUT2D eigenvalue weighted by molar-refractivity contribution is 0.102. The molecule has 1 aromatic heterocycles. The predicted molar refractivity (Wildman–Crippen MR) is 66.7 cm³/mol. The quantitative estimate of drug-likeness (QED) is 0.759. The van der Waals surface area contributed by atoms with E-state index in [1.807, 2.05) is 6.07 Å². The summed E-state index contributed by atoms with van der Waals surface area (Å²) in [5.74, 6) is 0.719. The molecule has 0 atom stereocenters. The van der Waals surface area contributed by atoms with Crippen molar-refractivity contribution in [2.45, 2.75) is 27.2 Å². The minimum absolute atomic E-state index is 0.0365. The van der Waals surface area contributed by atoms with Gasteiger partial charge in [-0.3, -0.25) is 4.79 Å². The third-order valence-corrected chi connectivity index (χ3v) is 3.31. The third-order valence-electron chi connectivity index (χ3n) is 2.10. The normalized spacial score (nSPS) is 10.7. The maximum atomic E-state index is 11.2. The van der Waals surface area contributed by atoms with Gasteiger partial charge in [0.15, 0.2) is 5.78 Å². The maximum absolute atomic E-state index is 11.2. The first-order valence-corrected chi connectivity index (χ1v) is 5.96. The SMILES string of the molecule is CC(=O)c1sc(NCCC(C)C)cc1N. The number of nitrogens with one attached hydrogen (secondary N) is 1. The summed E-state index contributed by atoms with van der Waals surface area (Å²) in [6.07, 6.45) is 1.12. The monoisotopic (exact) mass is 226 g/mol. The van der Waals surface area contributed by atoms with Crippen LogP contribution in [0.3, 0.4) is 0 Å². The van der Waals surface area contributed by atoms with Gasteiger partial charge in [-0.2, -0.15) is 0 Å². The minimum Gasteiger partial charge on any atom is -0.397 e. The van der Waals surface area contributed by atoms with E-state index < -0.39 is 0 Å². The molecule has 1 aromatic rings. The molecule has 0 radical (unpaired) electrons. The van der Waals surface area contributed by atoms with E-state index in [0.29, 0.717) is 16.5 Å². The van der Waals surface area contributed by atoms with Crippen molar-refractivity contribution in [3.63, 3.8) is 0 Å². The summed E-state index contributed by atoms with van der Waals surface area (Å²) in [6, 6.07) is 1.84. The standard InChI is InChI=1S/C11H18N2OS/c1-7(2)4-5-13-10-6-9(12)11(15-10)8(3)14/h6-7,13H,4-5,12H2,1-3H3. The van der Waals surface area contributed by atoms with Crippen LogP contribution in [0.1, 0.15) is 36.9 Å². The molecule has 0 spiro atoms. The van der Waals surface area contributed by atoms with Crippen LogP contribution in [-0.4, -0.2) is 12.3 Å². The van der Waals surface area contributed by atoms with E-state index >= 15 is 0 Å². The van der Waals surface area contributed by atoms with Gasteiger partial charge in [0, 0.05) is 13.5 Å². The Balaban J connectivity index is 2.56. The number of carbonyl (C=O) groups is 1. The number of rotatable bonds is 5. The molecule has 1 heterocycles. The minimum atomic E-state index is 0.0365. The molecule has 0 aliphatic heterocycles. The van der Waals surface area contributed by atoms with Gasteiger partial charge in [-0.05, 0) is 18.4 Å². The first kappa shape index (κ1) is 12.0. The van der Waals surface area contributed by atoms with Crippen molar-refractivity contribution < 1.29 is 4.79 Å². The molecule has 3 N–H and O–H groups in total. The predicted octanol–water partition coefficient (Wildman–Crippen LogP) is 2.99. The van der Waals surface area contributed by atoms with E-state index in [1.165, 1.54) is 11.3 Å². The zero-order valence-corrected chi connectivity index (χ0v) is 10.3. The number of ketones is 1. The van der Waals surface area contributed by atoms with E-state index in [0.717, 1.165) is 18.0 Å². The van der Waals surface area contributed by atoms with Crippen molar-refractivity contribution in [1.29, 1.82) is 0 Å². The van der Waals surface area contributed by atoms with Crippen LogP contribution in [0.5, 0.6) is 0 Å².